The van der Waals surface area contributed by atoms with Crippen molar-refractivity contribution in [2.75, 3.05) is 39.6 Å². The molecule has 4 N–H and O–H groups in total. The Morgan fingerprint density at radius 1 is 0.866 bits per heavy atom. The number of β-amino-alcohol motifs (C(OH)–C–C–N with tert-alkyl or cyclic N) is 1. The molecule has 1 fully saturated rings. The maximum absolute atomic E-state index is 14.0. The summed E-state index contributed by atoms with van der Waals surface area (Å²) in [4.78, 5) is 48.3. The minimum absolute atomic E-state index is 0.0208. The van der Waals surface area contributed by atoms with E-state index in [4.69, 9.17) is 18.9 Å². The van der Waals surface area contributed by atoms with Crippen LogP contribution in [0.2, 0.25) is 0 Å². The summed E-state index contributed by atoms with van der Waals surface area (Å²) in [6.45, 7) is 10.7. The van der Waals surface area contributed by atoms with Gasteiger partial charge in [0.2, 0.25) is 17.7 Å². The second kappa shape index (κ2) is 22.3. The van der Waals surface area contributed by atoms with Crippen molar-refractivity contribution < 1.29 is 47.9 Å². The summed E-state index contributed by atoms with van der Waals surface area (Å²) in [6, 6.07) is 24.3. The first kappa shape index (κ1) is 49.0. The van der Waals surface area contributed by atoms with Crippen LogP contribution in [0.15, 0.2) is 96.5 Å². The molecule has 3 heterocycles. The molecule has 67 heavy (non-hydrogen) atoms. The van der Waals surface area contributed by atoms with Crippen LogP contribution >= 0.6 is 22.7 Å². The molecule has 1 saturated heterocycles. The summed E-state index contributed by atoms with van der Waals surface area (Å²) < 4.78 is 38.1. The number of likely N-dealkylation sites (tertiary alicyclic amines) is 1. The van der Waals surface area contributed by atoms with E-state index in [1.165, 1.54) is 28.4 Å². The second-order valence-electron chi connectivity index (χ2n) is 17.6. The number of phenolic OH excluding ortho intramolecular Hbond substituents is 1. The first-order chi connectivity index (χ1) is 32.1. The van der Waals surface area contributed by atoms with Gasteiger partial charge in [-0.2, -0.15) is 0 Å². The smallest absolute Gasteiger partial charge is 0.246 e. The number of nitrogens with zero attached hydrogens (tertiary/aromatic N) is 2. The highest BCUT2D eigenvalue weighted by atomic mass is 32.1. The van der Waals surface area contributed by atoms with Gasteiger partial charge in [-0.25, -0.2) is 9.37 Å². The second-order valence-corrected chi connectivity index (χ2v) is 19.5. The Bertz CT molecular complexity index is 2610. The van der Waals surface area contributed by atoms with E-state index in [-0.39, 0.29) is 49.7 Å². The molecule has 0 spiro atoms. The summed E-state index contributed by atoms with van der Waals surface area (Å²) in [5.74, 6) is 0.432. The van der Waals surface area contributed by atoms with E-state index in [1.54, 1.807) is 41.7 Å². The number of hydrogen-bond acceptors (Lipinski definition) is 12. The number of phenols is 1. The molecule has 2 aromatic heterocycles. The minimum atomic E-state index is -0.965. The summed E-state index contributed by atoms with van der Waals surface area (Å²) >= 11 is 3.03. The molecule has 1 unspecified atom stereocenters. The summed E-state index contributed by atoms with van der Waals surface area (Å²) in [7, 11) is 0. The predicted octanol–water partition coefficient (Wildman–Crippen LogP) is 9.20. The van der Waals surface area contributed by atoms with Gasteiger partial charge < -0.3 is 44.7 Å². The third-order valence-electron chi connectivity index (χ3n) is 11.4. The van der Waals surface area contributed by atoms with Crippen molar-refractivity contribution in [1.82, 2.24) is 20.5 Å². The van der Waals surface area contributed by atoms with Gasteiger partial charge in [-0.3, -0.25) is 14.4 Å². The minimum Gasteiger partial charge on any atom is -0.508 e. The van der Waals surface area contributed by atoms with E-state index in [9.17, 15) is 29.0 Å². The van der Waals surface area contributed by atoms with E-state index in [0.29, 0.717) is 49.9 Å². The van der Waals surface area contributed by atoms with Gasteiger partial charge in [0.25, 0.3) is 0 Å². The lowest BCUT2D eigenvalue weighted by Gasteiger charge is -2.35. The van der Waals surface area contributed by atoms with Gasteiger partial charge in [0.15, 0.2) is 5.75 Å². The molecule has 4 aromatic carbocycles. The fourth-order valence-corrected chi connectivity index (χ4v) is 9.76. The highest BCUT2D eigenvalue weighted by Gasteiger charge is 2.44. The topological polar surface area (TPSA) is 169 Å². The van der Waals surface area contributed by atoms with Crippen LogP contribution in [-0.2, 0) is 23.9 Å². The monoisotopic (exact) mass is 952 g/mol. The fraction of sp³-hybridized carbons (Fsp3) is 0.373. The Morgan fingerprint density at radius 3 is 2.21 bits per heavy atom. The number of benzene rings is 4. The largest absolute Gasteiger partial charge is 0.508 e. The van der Waals surface area contributed by atoms with Crippen LogP contribution in [0.5, 0.6) is 23.0 Å². The van der Waals surface area contributed by atoms with Crippen LogP contribution in [0, 0.1) is 18.2 Å². The van der Waals surface area contributed by atoms with Crippen molar-refractivity contribution in [3.05, 3.63) is 114 Å². The molecule has 7 rings (SSSR count). The Hall–Kier alpha value is -5.91. The van der Waals surface area contributed by atoms with Crippen molar-refractivity contribution in [3.8, 4) is 43.9 Å². The van der Waals surface area contributed by atoms with Crippen molar-refractivity contribution in [3.63, 3.8) is 0 Å². The van der Waals surface area contributed by atoms with E-state index in [1.807, 2.05) is 88.7 Å². The first-order valence-electron chi connectivity index (χ1n) is 22.3. The van der Waals surface area contributed by atoms with Crippen LogP contribution in [0.4, 0.5) is 4.39 Å². The lowest BCUT2D eigenvalue weighted by atomic mass is 9.85. The number of rotatable bonds is 20. The van der Waals surface area contributed by atoms with Crippen LogP contribution in [0.1, 0.15) is 64.3 Å². The van der Waals surface area contributed by atoms with E-state index in [2.05, 4.69) is 15.6 Å². The molecular formula is C51H57FN4O9S2. The maximum atomic E-state index is 14.0. The molecule has 4 atom stereocenters. The lowest BCUT2D eigenvalue weighted by molar-refractivity contribution is -0.144. The number of ether oxygens (including phenoxy) is 4. The molecule has 1 aliphatic heterocycles. The highest BCUT2D eigenvalue weighted by Crippen LogP contribution is 2.47. The number of thiophene rings is 1. The molecule has 6 aromatic rings. The van der Waals surface area contributed by atoms with Crippen LogP contribution in [-0.4, -0.2) is 95.6 Å². The molecule has 0 bridgehead atoms. The number of hydrogen-bond donors (Lipinski definition) is 4. The third-order valence-corrected chi connectivity index (χ3v) is 13.5. The summed E-state index contributed by atoms with van der Waals surface area (Å²) in [6.07, 6.45) is 0.412. The quantitative estimate of drug-likeness (QED) is 0.0542. The molecule has 13 nitrogen and oxygen atoms in total. The highest BCUT2D eigenvalue weighted by molar-refractivity contribution is 7.22. The number of thiazole rings is 1. The predicted molar refractivity (Wildman–Crippen MR) is 258 cm³/mol. The number of aromatic nitrogens is 1. The van der Waals surface area contributed by atoms with Gasteiger partial charge in [0.1, 0.15) is 41.8 Å². The maximum Gasteiger partial charge on any atom is 0.246 e. The molecule has 3 amide bonds. The molecule has 0 aliphatic carbocycles. The van der Waals surface area contributed by atoms with Gasteiger partial charge >= 0.3 is 0 Å². The molecule has 16 heteroatoms. The molecular weight excluding hydrogens is 896 g/mol. The molecule has 0 radical (unpaired) electrons. The number of aromatic hydroxyl groups is 1. The number of carbonyl (C=O) groups is 3. The number of fused-ring (bicyclic) bond motifs is 1. The number of aliphatic hydroxyl groups is 1. The Morgan fingerprint density at radius 2 is 1.52 bits per heavy atom. The summed E-state index contributed by atoms with van der Waals surface area (Å²) in [5, 5.41) is 27.3. The van der Waals surface area contributed by atoms with E-state index in [0.717, 1.165) is 42.2 Å². The number of nitrogens with one attached hydrogen (secondary N) is 2. The normalized spacial score (nSPS) is 15.9. The van der Waals surface area contributed by atoms with E-state index < -0.39 is 35.4 Å². The average molecular weight is 953 g/mol. The number of amides is 3. The number of aryl methyl sites for hydroxylation is 1. The lowest BCUT2D eigenvalue weighted by Crippen LogP contribution is -2.58. The van der Waals surface area contributed by atoms with Crippen molar-refractivity contribution in [1.29, 1.82) is 0 Å². The SMILES string of the molecule is Cc1ncsc1-c1ccc([C@H](C)NC(=O)[C@@H]2C[C@@H](O)CN2C(=O)C(NC(=O)COCCCOCCCOc2ccc(Oc3c(-c4ccc(F)cc4)sc4cc(O)ccc34)cc2)C(C)(C)C)cc1. The summed E-state index contributed by atoms with van der Waals surface area (Å²) in [5.41, 5.74) is 4.82. The number of carbonyl (C=O) groups excluding carboxylic acids is 3. The number of aliphatic hydroxyl groups excluding tert-OH is 1. The third kappa shape index (κ3) is 12.8. The first-order valence-corrected chi connectivity index (χ1v) is 24.0. The molecule has 1 aliphatic rings. The molecule has 354 valence electrons. The van der Waals surface area contributed by atoms with E-state index >= 15 is 0 Å². The van der Waals surface area contributed by atoms with Gasteiger partial charge in [-0.1, -0.05) is 57.2 Å². The van der Waals surface area contributed by atoms with Gasteiger partial charge in [0, 0.05) is 49.3 Å². The fourth-order valence-electron chi connectivity index (χ4n) is 7.78. The Balaban J connectivity index is 0.795. The average Bonchev–Trinajstić information content (AvgIpc) is 4.02. The van der Waals surface area contributed by atoms with Crippen LogP contribution in [0.25, 0.3) is 31.0 Å². The van der Waals surface area contributed by atoms with Gasteiger partial charge in [-0.15, -0.1) is 22.7 Å². The van der Waals surface area contributed by atoms with Crippen molar-refractivity contribution in [2.24, 2.45) is 5.41 Å². The van der Waals surface area contributed by atoms with Gasteiger partial charge in [-0.05, 0) is 97.0 Å². The Labute approximate surface area is 397 Å². The standard InChI is InChI=1S/C51H57FN4O9S2/c1-31(33-8-10-34(11-9-33)46-32(2)53-30-66-46)54-49(60)42-26-38(58)28-56(42)50(61)48(51(3,4)5)55-44(59)29-63-24-6-22-62-23-7-25-64-39-17-19-40(20-18-39)65-45-41-21-16-37(57)27-43(41)67-47(45)35-12-14-36(52)15-13-35/h8-21,27,30-31,38,42,48,57-58H,6-7,22-26,28-29H2,1-5H3,(H,54,60)(H,55,59)/t31-,38+,42-,48?/m0/s1. The number of halogens is 1. The van der Waals surface area contributed by atoms with Crippen molar-refractivity contribution in [2.45, 2.75) is 78.1 Å². The van der Waals surface area contributed by atoms with Crippen LogP contribution < -0.4 is 20.1 Å². The molecule has 0 saturated carbocycles. The zero-order chi connectivity index (χ0) is 47.7. The van der Waals surface area contributed by atoms with Crippen LogP contribution in [0.3, 0.4) is 0 Å². The van der Waals surface area contributed by atoms with Gasteiger partial charge in [0.05, 0.1) is 39.7 Å². The zero-order valence-corrected chi connectivity index (χ0v) is 39.9. The zero-order valence-electron chi connectivity index (χ0n) is 38.3. The van der Waals surface area contributed by atoms with Crippen molar-refractivity contribution >= 4 is 50.5 Å². The Kier molecular flexibility index (Phi) is 16.3.